The first kappa shape index (κ1) is 28.0. The molecule has 2 aromatic carbocycles. The van der Waals surface area contributed by atoms with Crippen LogP contribution in [-0.4, -0.2) is 42.1 Å². The van der Waals surface area contributed by atoms with Crippen LogP contribution in [0.3, 0.4) is 0 Å². The van der Waals surface area contributed by atoms with Crippen LogP contribution in [0.2, 0.25) is 0 Å². The van der Waals surface area contributed by atoms with Gasteiger partial charge in [-0.05, 0) is 76.1 Å². The second-order valence-corrected chi connectivity index (χ2v) is 10.0. The van der Waals surface area contributed by atoms with Gasteiger partial charge >= 0.3 is 5.97 Å². The topological polar surface area (TPSA) is 109 Å². The van der Waals surface area contributed by atoms with E-state index in [1.807, 2.05) is 26.8 Å². The van der Waals surface area contributed by atoms with Crippen LogP contribution in [0, 0.1) is 0 Å². The molecule has 1 atom stereocenters. The zero-order valence-electron chi connectivity index (χ0n) is 22.8. The minimum Gasteiger partial charge on any atom is -0.504 e. The predicted octanol–water partition coefficient (Wildman–Crippen LogP) is 3.70. The first-order valence-electron chi connectivity index (χ1n) is 12.7. The maximum absolute atomic E-state index is 13.8. The fourth-order valence-electron chi connectivity index (χ4n) is 4.36. The zero-order chi connectivity index (χ0) is 28.3. The Morgan fingerprint density at radius 2 is 1.90 bits per heavy atom. The van der Waals surface area contributed by atoms with E-state index in [-0.39, 0.29) is 29.6 Å². The number of esters is 1. The van der Waals surface area contributed by atoms with Crippen molar-refractivity contribution in [1.82, 2.24) is 4.57 Å². The van der Waals surface area contributed by atoms with Crippen molar-refractivity contribution in [3.05, 3.63) is 78.5 Å². The minimum absolute atomic E-state index is 0.0176. The highest BCUT2D eigenvalue weighted by molar-refractivity contribution is 7.07. The molecule has 1 aliphatic rings. The number of allylic oxidation sites excluding steroid dienone is 1. The van der Waals surface area contributed by atoms with Gasteiger partial charge in [0.25, 0.3) is 5.56 Å². The number of thiazole rings is 1. The lowest BCUT2D eigenvalue weighted by atomic mass is 9.95. The fourth-order valence-corrected chi connectivity index (χ4v) is 5.40. The van der Waals surface area contributed by atoms with Crippen molar-refractivity contribution in [3.63, 3.8) is 0 Å². The molecule has 206 valence electrons. The number of ether oxygens (including phenoxy) is 4. The van der Waals surface area contributed by atoms with Crippen molar-refractivity contribution < 1.29 is 28.8 Å². The molecule has 2 heterocycles. The molecule has 0 radical (unpaired) electrons. The van der Waals surface area contributed by atoms with Crippen LogP contribution in [0.4, 0.5) is 0 Å². The second-order valence-electron chi connectivity index (χ2n) is 9.04. The van der Waals surface area contributed by atoms with Gasteiger partial charge < -0.3 is 24.1 Å². The van der Waals surface area contributed by atoms with Crippen molar-refractivity contribution >= 4 is 23.4 Å². The summed E-state index contributed by atoms with van der Waals surface area (Å²) in [5.41, 5.74) is 1.76. The number of phenolic OH excluding ortho intramolecular Hbond substituents is 1. The van der Waals surface area contributed by atoms with E-state index in [1.54, 1.807) is 51.3 Å². The van der Waals surface area contributed by atoms with Crippen molar-refractivity contribution in [3.8, 4) is 23.0 Å². The van der Waals surface area contributed by atoms with E-state index in [0.29, 0.717) is 50.0 Å². The van der Waals surface area contributed by atoms with Gasteiger partial charge in [0.15, 0.2) is 27.8 Å². The number of fused-ring (bicyclic) bond motifs is 1. The number of aromatic nitrogens is 1. The molecule has 1 aromatic heterocycles. The molecule has 0 bridgehead atoms. The number of carbonyl (C=O) groups is 1. The molecule has 1 aliphatic heterocycles. The minimum atomic E-state index is -0.789. The van der Waals surface area contributed by atoms with Crippen LogP contribution < -0.4 is 29.1 Å². The molecule has 39 heavy (non-hydrogen) atoms. The average molecular weight is 553 g/mol. The molecule has 0 spiro atoms. The Bertz CT molecular complexity index is 1600. The summed E-state index contributed by atoms with van der Waals surface area (Å²) in [7, 11) is 1.54. The standard InChI is InChI=1S/C29H32N2O7S/c1-7-36-22-13-18(9-11-20(22)32)14-24-27(33)31-26(19-10-12-21(38-16(3)4)23(15-19)35-6)25(28(34)37-8-2)17(5)30-29(31)39-24/h9-16,26,32H,7-8H2,1-6H3. The lowest BCUT2D eigenvalue weighted by molar-refractivity contribution is -0.139. The summed E-state index contributed by atoms with van der Waals surface area (Å²) in [5.74, 6) is 0.838. The van der Waals surface area contributed by atoms with Gasteiger partial charge in [0, 0.05) is 0 Å². The third-order valence-corrected chi connectivity index (χ3v) is 6.95. The molecule has 0 aliphatic carbocycles. The summed E-state index contributed by atoms with van der Waals surface area (Å²) in [5, 5.41) is 10.1. The molecule has 0 saturated carbocycles. The molecular formula is C29H32N2O7S. The van der Waals surface area contributed by atoms with E-state index in [0.717, 1.165) is 0 Å². The Labute approximate surface area is 230 Å². The van der Waals surface area contributed by atoms with Gasteiger partial charge in [-0.25, -0.2) is 9.79 Å². The molecule has 9 nitrogen and oxygen atoms in total. The monoisotopic (exact) mass is 552 g/mol. The molecule has 10 heteroatoms. The van der Waals surface area contributed by atoms with Gasteiger partial charge in [-0.3, -0.25) is 9.36 Å². The summed E-state index contributed by atoms with van der Waals surface area (Å²) in [6.45, 7) is 9.69. The number of methoxy groups -OCH3 is 1. The third kappa shape index (κ3) is 5.70. The van der Waals surface area contributed by atoms with Gasteiger partial charge in [-0.1, -0.05) is 23.5 Å². The highest BCUT2D eigenvalue weighted by atomic mass is 32.1. The molecule has 1 N–H and O–H groups in total. The van der Waals surface area contributed by atoms with Crippen molar-refractivity contribution in [2.75, 3.05) is 20.3 Å². The lowest BCUT2D eigenvalue weighted by Gasteiger charge is -2.25. The van der Waals surface area contributed by atoms with Gasteiger partial charge in [-0.2, -0.15) is 0 Å². The highest BCUT2D eigenvalue weighted by Crippen LogP contribution is 2.36. The average Bonchev–Trinajstić information content (AvgIpc) is 3.19. The zero-order valence-corrected chi connectivity index (χ0v) is 23.6. The van der Waals surface area contributed by atoms with Gasteiger partial charge in [0.05, 0.1) is 48.3 Å². The summed E-state index contributed by atoms with van der Waals surface area (Å²) >= 11 is 1.21. The van der Waals surface area contributed by atoms with E-state index in [2.05, 4.69) is 4.99 Å². The predicted molar refractivity (Wildman–Crippen MR) is 148 cm³/mol. The van der Waals surface area contributed by atoms with Crippen LogP contribution >= 0.6 is 11.3 Å². The molecule has 3 aromatic rings. The van der Waals surface area contributed by atoms with Crippen LogP contribution in [0.5, 0.6) is 23.0 Å². The van der Waals surface area contributed by atoms with E-state index >= 15 is 0 Å². The molecule has 4 rings (SSSR count). The highest BCUT2D eigenvalue weighted by Gasteiger charge is 2.34. The molecule has 1 unspecified atom stereocenters. The van der Waals surface area contributed by atoms with Gasteiger partial charge in [0.2, 0.25) is 0 Å². The second kappa shape index (κ2) is 11.8. The molecule has 0 fully saturated rings. The lowest BCUT2D eigenvalue weighted by Crippen LogP contribution is -2.40. The van der Waals surface area contributed by atoms with Crippen LogP contribution in [-0.2, 0) is 9.53 Å². The normalized spacial score (nSPS) is 15.2. The molecule has 0 amide bonds. The quantitative estimate of drug-likeness (QED) is 0.403. The van der Waals surface area contributed by atoms with E-state index in [4.69, 9.17) is 18.9 Å². The number of phenols is 1. The SMILES string of the molecule is CCOC(=O)C1=C(C)N=c2sc(=Cc3ccc(O)c(OCC)c3)c(=O)n2C1c1ccc(OC(C)C)c(OC)c1. The van der Waals surface area contributed by atoms with Crippen LogP contribution in [0.1, 0.15) is 51.8 Å². The van der Waals surface area contributed by atoms with E-state index in [9.17, 15) is 14.7 Å². The Morgan fingerprint density at radius 3 is 2.56 bits per heavy atom. The van der Waals surface area contributed by atoms with Gasteiger partial charge in [0.1, 0.15) is 0 Å². The summed E-state index contributed by atoms with van der Waals surface area (Å²) in [4.78, 5) is 32.1. The third-order valence-electron chi connectivity index (χ3n) is 5.96. The van der Waals surface area contributed by atoms with Crippen molar-refractivity contribution in [2.24, 2.45) is 4.99 Å². The van der Waals surface area contributed by atoms with Crippen molar-refractivity contribution in [1.29, 1.82) is 0 Å². The van der Waals surface area contributed by atoms with Gasteiger partial charge in [-0.15, -0.1) is 0 Å². The van der Waals surface area contributed by atoms with Crippen molar-refractivity contribution in [2.45, 2.75) is 46.8 Å². The Balaban J connectivity index is 1.92. The number of rotatable bonds is 9. The largest absolute Gasteiger partial charge is 0.504 e. The number of aromatic hydroxyl groups is 1. The Kier molecular flexibility index (Phi) is 8.44. The molecular weight excluding hydrogens is 520 g/mol. The number of hydrogen-bond acceptors (Lipinski definition) is 9. The maximum atomic E-state index is 13.8. The van der Waals surface area contributed by atoms with Crippen LogP contribution in [0.25, 0.3) is 6.08 Å². The van der Waals surface area contributed by atoms with E-state index in [1.165, 1.54) is 22.0 Å². The number of carbonyl (C=O) groups excluding carboxylic acids is 1. The number of nitrogens with zero attached hydrogens (tertiary/aromatic N) is 2. The summed E-state index contributed by atoms with van der Waals surface area (Å²) in [6, 6.07) is 9.45. The van der Waals surface area contributed by atoms with Crippen LogP contribution in [0.15, 0.2) is 57.5 Å². The first-order valence-corrected chi connectivity index (χ1v) is 13.5. The summed E-state index contributed by atoms with van der Waals surface area (Å²) < 4.78 is 24.2. The molecule has 0 saturated heterocycles. The Hall–Kier alpha value is -4.05. The smallest absolute Gasteiger partial charge is 0.338 e. The number of benzene rings is 2. The summed E-state index contributed by atoms with van der Waals surface area (Å²) in [6.07, 6.45) is 1.65. The maximum Gasteiger partial charge on any atom is 0.338 e. The first-order chi connectivity index (χ1) is 18.7. The fraction of sp³-hybridized carbons (Fsp3) is 0.345. The number of hydrogen-bond donors (Lipinski definition) is 1. The Morgan fingerprint density at radius 1 is 1.13 bits per heavy atom. The van der Waals surface area contributed by atoms with E-state index < -0.39 is 12.0 Å².